The van der Waals surface area contributed by atoms with Crippen molar-refractivity contribution in [3.63, 3.8) is 0 Å². The Labute approximate surface area is 155 Å². The molecular formula is C24H17N3. The van der Waals surface area contributed by atoms with Crippen molar-refractivity contribution in [2.45, 2.75) is 0 Å². The lowest BCUT2D eigenvalue weighted by atomic mass is 10.1. The number of para-hydroxylation sites is 2. The molecule has 3 heterocycles. The molecule has 0 aliphatic heterocycles. The SMILES string of the molecule is c1ccc2[nH]c(-c3ccc4ccn(-c5cc6ccccc6[nH]5)c4c3)cc2c1. The summed E-state index contributed by atoms with van der Waals surface area (Å²) in [6.45, 7) is 0. The first kappa shape index (κ1) is 14.4. The third-order valence-electron chi connectivity index (χ3n) is 5.31. The number of hydrogen-bond acceptors (Lipinski definition) is 0. The molecule has 2 N–H and O–H groups in total. The number of aromatic nitrogens is 3. The molecule has 0 bridgehead atoms. The van der Waals surface area contributed by atoms with Crippen molar-refractivity contribution >= 4 is 32.7 Å². The highest BCUT2D eigenvalue weighted by atomic mass is 15.1. The molecule has 0 aliphatic carbocycles. The van der Waals surface area contributed by atoms with Gasteiger partial charge in [-0.2, -0.15) is 0 Å². The molecule has 0 atom stereocenters. The Bertz CT molecular complexity index is 1360. The maximum atomic E-state index is 3.53. The van der Waals surface area contributed by atoms with Gasteiger partial charge in [0.25, 0.3) is 0 Å². The van der Waals surface area contributed by atoms with Gasteiger partial charge < -0.3 is 14.5 Å². The smallest absolute Gasteiger partial charge is 0.115 e. The summed E-state index contributed by atoms with van der Waals surface area (Å²) in [5.74, 6) is 1.08. The Kier molecular flexibility index (Phi) is 2.88. The van der Waals surface area contributed by atoms with E-state index >= 15 is 0 Å². The zero-order valence-electron chi connectivity index (χ0n) is 14.6. The molecule has 0 fully saturated rings. The zero-order chi connectivity index (χ0) is 17.8. The van der Waals surface area contributed by atoms with Crippen LogP contribution in [0.25, 0.3) is 49.8 Å². The number of H-pyrrole nitrogens is 2. The van der Waals surface area contributed by atoms with Gasteiger partial charge in [0, 0.05) is 44.6 Å². The van der Waals surface area contributed by atoms with E-state index in [1.807, 2.05) is 0 Å². The highest BCUT2D eigenvalue weighted by Crippen LogP contribution is 2.29. The molecule has 0 saturated carbocycles. The summed E-state index contributed by atoms with van der Waals surface area (Å²) < 4.78 is 2.22. The predicted molar refractivity (Wildman–Crippen MR) is 112 cm³/mol. The van der Waals surface area contributed by atoms with E-state index in [1.54, 1.807) is 0 Å². The van der Waals surface area contributed by atoms with E-state index in [2.05, 4.69) is 106 Å². The van der Waals surface area contributed by atoms with Gasteiger partial charge in [-0.25, -0.2) is 0 Å². The van der Waals surface area contributed by atoms with Crippen LogP contribution in [0.3, 0.4) is 0 Å². The second-order valence-electron chi connectivity index (χ2n) is 6.97. The Morgan fingerprint density at radius 3 is 2.11 bits per heavy atom. The van der Waals surface area contributed by atoms with Crippen molar-refractivity contribution in [2.24, 2.45) is 0 Å². The second-order valence-corrected chi connectivity index (χ2v) is 6.97. The maximum absolute atomic E-state index is 3.53. The van der Waals surface area contributed by atoms with E-state index in [4.69, 9.17) is 0 Å². The van der Waals surface area contributed by atoms with Gasteiger partial charge in [-0.3, -0.25) is 0 Å². The van der Waals surface area contributed by atoms with E-state index in [-0.39, 0.29) is 0 Å². The number of benzene rings is 3. The van der Waals surface area contributed by atoms with Crippen molar-refractivity contribution in [1.82, 2.24) is 14.5 Å². The summed E-state index contributed by atoms with van der Waals surface area (Å²) in [5.41, 5.74) is 5.84. The Hall–Kier alpha value is -3.72. The molecule has 6 aromatic rings. The van der Waals surface area contributed by atoms with E-state index in [0.717, 1.165) is 17.0 Å². The zero-order valence-corrected chi connectivity index (χ0v) is 14.6. The molecule has 0 aliphatic rings. The Morgan fingerprint density at radius 2 is 1.33 bits per heavy atom. The molecule has 27 heavy (non-hydrogen) atoms. The topological polar surface area (TPSA) is 36.5 Å². The molecule has 3 aromatic carbocycles. The van der Waals surface area contributed by atoms with Crippen molar-refractivity contribution in [3.05, 3.63) is 91.1 Å². The van der Waals surface area contributed by atoms with E-state index in [9.17, 15) is 0 Å². The molecular weight excluding hydrogens is 330 g/mol. The molecule has 3 nitrogen and oxygen atoms in total. The van der Waals surface area contributed by atoms with Crippen LogP contribution in [0.1, 0.15) is 0 Å². The summed E-state index contributed by atoms with van der Waals surface area (Å²) in [7, 11) is 0. The van der Waals surface area contributed by atoms with Gasteiger partial charge in [-0.15, -0.1) is 0 Å². The minimum Gasteiger partial charge on any atom is -0.355 e. The van der Waals surface area contributed by atoms with Crippen LogP contribution in [0.5, 0.6) is 0 Å². The lowest BCUT2D eigenvalue weighted by Crippen LogP contribution is -1.91. The quantitative estimate of drug-likeness (QED) is 0.371. The molecule has 6 rings (SSSR count). The van der Waals surface area contributed by atoms with Gasteiger partial charge in [0.15, 0.2) is 0 Å². The number of hydrogen-bond donors (Lipinski definition) is 2. The minimum absolute atomic E-state index is 1.08. The molecule has 0 spiro atoms. The molecule has 128 valence electrons. The van der Waals surface area contributed by atoms with Gasteiger partial charge in [0.05, 0.1) is 5.52 Å². The number of aromatic amines is 2. The average Bonchev–Trinajstić information content (AvgIpc) is 3.42. The van der Waals surface area contributed by atoms with E-state index in [1.165, 1.54) is 32.8 Å². The van der Waals surface area contributed by atoms with Gasteiger partial charge in [-0.05, 0) is 36.4 Å². The fourth-order valence-corrected chi connectivity index (χ4v) is 3.92. The summed E-state index contributed by atoms with van der Waals surface area (Å²) in [6.07, 6.45) is 2.13. The Balaban J connectivity index is 1.54. The van der Waals surface area contributed by atoms with Crippen molar-refractivity contribution < 1.29 is 0 Å². The lowest BCUT2D eigenvalue weighted by molar-refractivity contribution is 1.08. The third-order valence-corrected chi connectivity index (χ3v) is 5.31. The van der Waals surface area contributed by atoms with Crippen LogP contribution in [0.2, 0.25) is 0 Å². The standard InChI is InChI=1S/C24H17N3/c1-3-7-20-17(5-1)13-22(25-20)19-10-9-16-11-12-27(23(16)14-19)24-15-18-6-2-4-8-21(18)26-24/h1-15,25-26H. The second kappa shape index (κ2) is 5.39. The van der Waals surface area contributed by atoms with Gasteiger partial charge in [0.2, 0.25) is 0 Å². The summed E-state index contributed by atoms with van der Waals surface area (Å²) in [4.78, 5) is 7.06. The van der Waals surface area contributed by atoms with Crippen LogP contribution in [-0.4, -0.2) is 14.5 Å². The fourth-order valence-electron chi connectivity index (χ4n) is 3.92. The summed E-state index contributed by atoms with van der Waals surface area (Å²) >= 11 is 0. The first-order valence-electron chi connectivity index (χ1n) is 9.12. The fraction of sp³-hybridized carbons (Fsp3) is 0. The number of fused-ring (bicyclic) bond motifs is 3. The van der Waals surface area contributed by atoms with Crippen molar-refractivity contribution in [3.8, 4) is 17.1 Å². The molecule has 3 aromatic heterocycles. The van der Waals surface area contributed by atoms with E-state index < -0.39 is 0 Å². The van der Waals surface area contributed by atoms with Crippen LogP contribution in [0.15, 0.2) is 91.1 Å². The lowest BCUT2D eigenvalue weighted by Gasteiger charge is -2.04. The van der Waals surface area contributed by atoms with Gasteiger partial charge in [-0.1, -0.05) is 48.5 Å². The van der Waals surface area contributed by atoms with Gasteiger partial charge >= 0.3 is 0 Å². The minimum atomic E-state index is 1.08. The summed E-state index contributed by atoms with van der Waals surface area (Å²) in [6, 6.07) is 30.0. The average molecular weight is 347 g/mol. The van der Waals surface area contributed by atoms with Crippen LogP contribution < -0.4 is 0 Å². The number of nitrogens with one attached hydrogen (secondary N) is 2. The first-order valence-corrected chi connectivity index (χ1v) is 9.12. The molecule has 0 radical (unpaired) electrons. The van der Waals surface area contributed by atoms with Crippen LogP contribution in [0, 0.1) is 0 Å². The molecule has 0 unspecified atom stereocenters. The van der Waals surface area contributed by atoms with Crippen LogP contribution in [0.4, 0.5) is 0 Å². The molecule has 0 amide bonds. The Morgan fingerprint density at radius 1 is 0.593 bits per heavy atom. The van der Waals surface area contributed by atoms with Crippen molar-refractivity contribution in [2.75, 3.05) is 0 Å². The highest BCUT2D eigenvalue weighted by molar-refractivity contribution is 5.91. The van der Waals surface area contributed by atoms with Crippen molar-refractivity contribution in [1.29, 1.82) is 0 Å². The normalized spacial score (nSPS) is 11.7. The maximum Gasteiger partial charge on any atom is 0.115 e. The number of rotatable bonds is 2. The largest absolute Gasteiger partial charge is 0.355 e. The van der Waals surface area contributed by atoms with Crippen LogP contribution in [-0.2, 0) is 0 Å². The monoisotopic (exact) mass is 347 g/mol. The third kappa shape index (κ3) is 2.22. The molecule has 3 heteroatoms. The van der Waals surface area contributed by atoms with E-state index in [0.29, 0.717) is 0 Å². The molecule has 0 saturated heterocycles. The van der Waals surface area contributed by atoms with Crippen LogP contribution >= 0.6 is 0 Å². The number of nitrogens with zero attached hydrogens (tertiary/aromatic N) is 1. The van der Waals surface area contributed by atoms with Gasteiger partial charge in [0.1, 0.15) is 5.82 Å². The summed E-state index contributed by atoms with van der Waals surface area (Å²) in [5, 5.41) is 3.69. The predicted octanol–water partition coefficient (Wildman–Crippen LogP) is 6.26. The first-order chi connectivity index (χ1) is 13.3. The highest BCUT2D eigenvalue weighted by Gasteiger charge is 2.09.